The van der Waals surface area contributed by atoms with Crippen LogP contribution in [0.15, 0.2) is 6.33 Å². The summed E-state index contributed by atoms with van der Waals surface area (Å²) in [6, 6.07) is 0. The molecule has 0 radical (unpaired) electrons. The molecule has 0 spiro atoms. The van der Waals surface area contributed by atoms with E-state index in [-0.39, 0.29) is 12.3 Å². The van der Waals surface area contributed by atoms with Gasteiger partial charge in [0.1, 0.15) is 11.7 Å². The fourth-order valence-electron chi connectivity index (χ4n) is 2.97. The van der Waals surface area contributed by atoms with Crippen LogP contribution in [0, 0.1) is 0 Å². The summed E-state index contributed by atoms with van der Waals surface area (Å²) in [7, 11) is 0. The van der Waals surface area contributed by atoms with Gasteiger partial charge in [-0.3, -0.25) is 4.57 Å². The molecule has 2 aromatic heterocycles. The van der Waals surface area contributed by atoms with Crippen molar-refractivity contribution in [2.75, 3.05) is 17.6 Å². The van der Waals surface area contributed by atoms with Crippen molar-refractivity contribution in [2.24, 2.45) is 0 Å². The topological polar surface area (TPSA) is 90.9 Å². The summed E-state index contributed by atoms with van der Waals surface area (Å²) in [6.07, 6.45) is 8.84. The lowest BCUT2D eigenvalue weighted by Crippen LogP contribution is -2.11. The van der Waals surface area contributed by atoms with E-state index in [9.17, 15) is 0 Å². The number of nitrogens with two attached hydrogens (primary N) is 1. The van der Waals surface area contributed by atoms with Crippen molar-refractivity contribution < 1.29 is 4.74 Å². The van der Waals surface area contributed by atoms with Crippen molar-refractivity contribution in [3.63, 3.8) is 0 Å². The Morgan fingerprint density at radius 3 is 2.91 bits per heavy atom. The van der Waals surface area contributed by atoms with E-state index in [2.05, 4.69) is 34.1 Å². The van der Waals surface area contributed by atoms with Gasteiger partial charge in [0.2, 0.25) is 5.95 Å². The molecular formula is C16H26N6O. The fourth-order valence-corrected chi connectivity index (χ4v) is 2.97. The molecule has 2 aromatic rings. The Morgan fingerprint density at radius 1 is 1.30 bits per heavy atom. The lowest BCUT2D eigenvalue weighted by Gasteiger charge is -2.13. The Labute approximate surface area is 136 Å². The molecule has 0 aliphatic carbocycles. The van der Waals surface area contributed by atoms with Crippen molar-refractivity contribution >= 4 is 22.9 Å². The van der Waals surface area contributed by atoms with Gasteiger partial charge in [0.15, 0.2) is 11.5 Å². The minimum Gasteiger partial charge on any atom is -0.382 e. The van der Waals surface area contributed by atoms with Gasteiger partial charge < -0.3 is 15.8 Å². The molecule has 0 unspecified atom stereocenters. The number of rotatable bonds is 7. The minimum atomic E-state index is -0.0123. The number of fused-ring (bicyclic) bond motifs is 1. The molecule has 3 N–H and O–H groups in total. The van der Waals surface area contributed by atoms with Crippen LogP contribution in [0.2, 0.25) is 0 Å². The number of hydrogen-bond donors (Lipinski definition) is 2. The van der Waals surface area contributed by atoms with E-state index >= 15 is 0 Å². The molecule has 126 valence electrons. The molecule has 7 nitrogen and oxygen atoms in total. The highest BCUT2D eigenvalue weighted by molar-refractivity contribution is 5.82. The zero-order valence-corrected chi connectivity index (χ0v) is 14.0. The molecule has 7 heteroatoms. The van der Waals surface area contributed by atoms with Gasteiger partial charge in [-0.15, -0.1) is 0 Å². The lowest BCUT2D eigenvalue weighted by atomic mass is 10.2. The summed E-state index contributed by atoms with van der Waals surface area (Å²) < 4.78 is 7.89. The Morgan fingerprint density at radius 2 is 2.17 bits per heavy atom. The van der Waals surface area contributed by atoms with Gasteiger partial charge >= 0.3 is 0 Å². The second-order valence-corrected chi connectivity index (χ2v) is 6.22. The molecule has 23 heavy (non-hydrogen) atoms. The molecule has 1 fully saturated rings. The standard InChI is InChI=1S/C16H26N6O/c1-3-4-5-6-9-18-16-20-14(17)13-15(21-16)22(10-19-13)12-8-7-11(2)23-12/h10-12H,3-9H2,1-2H3,(H3,17,18,20,21)/t11-,12-/m1/s1. The third-order valence-corrected chi connectivity index (χ3v) is 4.28. The molecule has 0 bridgehead atoms. The molecule has 0 aromatic carbocycles. The minimum absolute atomic E-state index is 0.0123. The summed E-state index contributed by atoms with van der Waals surface area (Å²) in [5.41, 5.74) is 7.43. The fraction of sp³-hybridized carbons (Fsp3) is 0.688. The molecular weight excluding hydrogens is 292 g/mol. The number of imidazole rings is 1. The highest BCUT2D eigenvalue weighted by Crippen LogP contribution is 2.31. The van der Waals surface area contributed by atoms with Crippen molar-refractivity contribution in [3.05, 3.63) is 6.33 Å². The second kappa shape index (κ2) is 7.12. The summed E-state index contributed by atoms with van der Waals surface area (Å²) >= 11 is 0. The third-order valence-electron chi connectivity index (χ3n) is 4.28. The summed E-state index contributed by atoms with van der Waals surface area (Å²) in [5, 5.41) is 3.27. The van der Waals surface area contributed by atoms with E-state index in [1.54, 1.807) is 6.33 Å². The Hall–Kier alpha value is -1.89. The highest BCUT2D eigenvalue weighted by atomic mass is 16.5. The highest BCUT2D eigenvalue weighted by Gasteiger charge is 2.25. The van der Waals surface area contributed by atoms with Gasteiger partial charge in [-0.2, -0.15) is 9.97 Å². The van der Waals surface area contributed by atoms with Gasteiger partial charge in [-0.05, 0) is 26.2 Å². The monoisotopic (exact) mass is 318 g/mol. The Balaban J connectivity index is 1.76. The van der Waals surface area contributed by atoms with E-state index in [4.69, 9.17) is 10.5 Å². The molecule has 1 saturated heterocycles. The quantitative estimate of drug-likeness (QED) is 0.762. The van der Waals surface area contributed by atoms with E-state index in [1.165, 1.54) is 19.3 Å². The maximum atomic E-state index is 6.04. The molecule has 3 rings (SSSR count). The van der Waals surface area contributed by atoms with Gasteiger partial charge in [-0.25, -0.2) is 4.98 Å². The van der Waals surface area contributed by atoms with Crippen LogP contribution >= 0.6 is 0 Å². The number of anilines is 2. The number of aromatic nitrogens is 4. The third kappa shape index (κ3) is 3.55. The van der Waals surface area contributed by atoms with E-state index in [1.807, 2.05) is 4.57 Å². The van der Waals surface area contributed by atoms with Crippen LogP contribution in [0.3, 0.4) is 0 Å². The summed E-state index contributed by atoms with van der Waals surface area (Å²) in [4.78, 5) is 13.3. The van der Waals surface area contributed by atoms with Crippen LogP contribution in [0.25, 0.3) is 11.2 Å². The number of unbranched alkanes of at least 4 members (excludes halogenated alkanes) is 3. The molecule has 2 atom stereocenters. The van der Waals surface area contributed by atoms with Crippen LogP contribution in [0.4, 0.5) is 11.8 Å². The first-order valence-corrected chi connectivity index (χ1v) is 8.58. The van der Waals surface area contributed by atoms with E-state index < -0.39 is 0 Å². The van der Waals surface area contributed by atoms with Crippen LogP contribution < -0.4 is 11.1 Å². The second-order valence-electron chi connectivity index (χ2n) is 6.22. The molecule has 3 heterocycles. The SMILES string of the molecule is CCCCCCNc1nc(N)c2ncn([C@H]3CC[C@@H](C)O3)c2n1. The zero-order chi connectivity index (χ0) is 16.2. The first-order chi connectivity index (χ1) is 11.2. The maximum Gasteiger partial charge on any atom is 0.226 e. The molecule has 0 amide bonds. The number of ether oxygens (including phenoxy) is 1. The summed E-state index contributed by atoms with van der Waals surface area (Å²) in [6.45, 7) is 5.15. The van der Waals surface area contributed by atoms with Crippen LogP contribution in [0.1, 0.15) is 58.6 Å². The van der Waals surface area contributed by atoms with Crippen molar-refractivity contribution in [3.8, 4) is 0 Å². The number of hydrogen-bond acceptors (Lipinski definition) is 6. The summed E-state index contributed by atoms with van der Waals surface area (Å²) in [5.74, 6) is 0.982. The Bertz CT molecular complexity index is 655. The van der Waals surface area contributed by atoms with E-state index in [0.29, 0.717) is 17.3 Å². The first-order valence-electron chi connectivity index (χ1n) is 8.58. The predicted molar refractivity (Wildman–Crippen MR) is 91.2 cm³/mol. The smallest absolute Gasteiger partial charge is 0.226 e. The normalized spacial score (nSPS) is 21.1. The lowest BCUT2D eigenvalue weighted by molar-refractivity contribution is 0.0132. The maximum absolute atomic E-state index is 6.04. The first kappa shape index (κ1) is 16.0. The molecule has 0 saturated carbocycles. The predicted octanol–water partition coefficient (Wildman–Crippen LogP) is 3.10. The Kier molecular flexibility index (Phi) is 4.95. The van der Waals surface area contributed by atoms with Gasteiger partial charge in [0, 0.05) is 6.54 Å². The molecule has 1 aliphatic rings. The average Bonchev–Trinajstić information content (AvgIpc) is 3.13. The number of nitrogens with zero attached hydrogens (tertiary/aromatic N) is 4. The van der Waals surface area contributed by atoms with Crippen molar-refractivity contribution in [1.29, 1.82) is 0 Å². The number of nitrogens with one attached hydrogen (secondary N) is 1. The average molecular weight is 318 g/mol. The van der Waals surface area contributed by atoms with Gasteiger partial charge in [0.25, 0.3) is 0 Å². The molecule has 1 aliphatic heterocycles. The van der Waals surface area contributed by atoms with Gasteiger partial charge in [-0.1, -0.05) is 26.2 Å². The van der Waals surface area contributed by atoms with Crippen LogP contribution in [-0.4, -0.2) is 32.2 Å². The number of nitrogen functional groups attached to an aromatic ring is 1. The largest absolute Gasteiger partial charge is 0.382 e. The van der Waals surface area contributed by atoms with Crippen molar-refractivity contribution in [1.82, 2.24) is 19.5 Å². The van der Waals surface area contributed by atoms with E-state index in [0.717, 1.165) is 31.5 Å². The van der Waals surface area contributed by atoms with Gasteiger partial charge in [0.05, 0.1) is 12.4 Å². The zero-order valence-electron chi connectivity index (χ0n) is 14.0. The van der Waals surface area contributed by atoms with Crippen LogP contribution in [0.5, 0.6) is 0 Å². The van der Waals surface area contributed by atoms with Crippen molar-refractivity contribution in [2.45, 2.75) is 64.7 Å². The van der Waals surface area contributed by atoms with Crippen LogP contribution in [-0.2, 0) is 4.74 Å².